The Morgan fingerprint density at radius 1 is 1.00 bits per heavy atom. The first kappa shape index (κ1) is 17.6. The molecule has 0 bridgehead atoms. The molecule has 0 amide bonds. The zero-order valence-corrected chi connectivity index (χ0v) is 11.2. The van der Waals surface area contributed by atoms with Crippen molar-refractivity contribution in [3.63, 3.8) is 0 Å². The number of rotatable bonds is 5. The van der Waals surface area contributed by atoms with Crippen LogP contribution in [0, 0.1) is 0 Å². The number of nitrogens with one attached hydrogen (secondary N) is 1. The maximum Gasteiger partial charge on any atom is 0.462 e. The van der Waals surface area contributed by atoms with Crippen LogP contribution in [0.1, 0.15) is 5.56 Å². The molecule has 0 radical (unpaired) electrons. The topological polar surface area (TPSA) is 24.4 Å². The summed E-state index contributed by atoms with van der Waals surface area (Å²) in [6.45, 7) is 0. The van der Waals surface area contributed by atoms with E-state index in [-0.39, 0.29) is 5.56 Å². The second-order valence-electron chi connectivity index (χ2n) is 3.79. The van der Waals surface area contributed by atoms with E-state index in [0.717, 1.165) is 4.90 Å². The third kappa shape index (κ3) is 4.02. The average Bonchev–Trinajstić information content (AvgIpc) is 2.38. The first-order chi connectivity index (χ1) is 9.51. The maximum atomic E-state index is 12.8. The normalized spacial score (nSPS) is 13.7. The zero-order valence-electron chi connectivity index (χ0n) is 10.4. The fraction of sp³-hybridized carbons (Fsp3) is 0.364. The van der Waals surface area contributed by atoms with Crippen molar-refractivity contribution >= 4 is 18.0 Å². The molecular formula is C11H9F7N2S. The van der Waals surface area contributed by atoms with Gasteiger partial charge in [0, 0.05) is 4.90 Å². The monoisotopic (exact) mass is 334 g/mol. The predicted molar refractivity (Wildman–Crippen MR) is 64.9 cm³/mol. The van der Waals surface area contributed by atoms with Gasteiger partial charge in [0.15, 0.2) is 0 Å². The van der Waals surface area contributed by atoms with E-state index in [0.29, 0.717) is 11.6 Å². The van der Waals surface area contributed by atoms with E-state index in [4.69, 9.17) is 0 Å². The number of hydrazone groups is 1. The van der Waals surface area contributed by atoms with Gasteiger partial charge in [-0.15, -0.1) is 11.8 Å². The number of nitrogens with zero attached hydrogens (tertiary/aromatic N) is 1. The molecular weight excluding hydrogens is 325 g/mol. The molecule has 1 rings (SSSR count). The first-order valence-electron chi connectivity index (χ1n) is 5.28. The fourth-order valence-corrected chi connectivity index (χ4v) is 1.53. The summed E-state index contributed by atoms with van der Waals surface area (Å²) in [6.07, 6.45) is -3.88. The summed E-state index contributed by atoms with van der Waals surface area (Å²) in [6, 6.07) is 0.540. The number of hydrogen-bond acceptors (Lipinski definition) is 3. The van der Waals surface area contributed by atoms with Crippen molar-refractivity contribution in [2.45, 2.75) is 23.0 Å². The van der Waals surface area contributed by atoms with Crippen LogP contribution in [0.15, 0.2) is 34.3 Å². The van der Waals surface area contributed by atoms with Gasteiger partial charge >= 0.3 is 18.1 Å². The lowest BCUT2D eigenvalue weighted by Gasteiger charge is -2.27. The fourth-order valence-electron chi connectivity index (χ4n) is 1.13. The average molecular weight is 334 g/mol. The summed E-state index contributed by atoms with van der Waals surface area (Å²) in [4.78, 5) is 0.856. The van der Waals surface area contributed by atoms with E-state index >= 15 is 0 Å². The molecule has 0 aliphatic rings. The van der Waals surface area contributed by atoms with Crippen LogP contribution in [-0.4, -0.2) is 30.6 Å². The Hall–Kier alpha value is -1.45. The van der Waals surface area contributed by atoms with Crippen molar-refractivity contribution in [3.8, 4) is 0 Å². The third-order valence-corrected chi connectivity index (χ3v) is 3.03. The minimum atomic E-state index is -6.39. The van der Waals surface area contributed by atoms with E-state index in [1.165, 1.54) is 23.9 Å². The van der Waals surface area contributed by atoms with Gasteiger partial charge in [-0.1, -0.05) is 12.1 Å². The van der Waals surface area contributed by atoms with E-state index in [2.05, 4.69) is 5.10 Å². The molecule has 21 heavy (non-hydrogen) atoms. The van der Waals surface area contributed by atoms with Gasteiger partial charge in [-0.3, -0.25) is 0 Å². The minimum absolute atomic E-state index is 0.256. The Morgan fingerprint density at radius 2 is 1.52 bits per heavy atom. The van der Waals surface area contributed by atoms with Crippen LogP contribution in [0.2, 0.25) is 0 Å². The van der Waals surface area contributed by atoms with Gasteiger partial charge in [0.1, 0.15) is 0 Å². The highest BCUT2D eigenvalue weighted by atomic mass is 32.2. The molecule has 2 nitrogen and oxygen atoms in total. The molecule has 10 heteroatoms. The van der Waals surface area contributed by atoms with Gasteiger partial charge in [0.2, 0.25) is 0 Å². The number of halogens is 7. The molecule has 0 aliphatic carbocycles. The lowest BCUT2D eigenvalue weighted by Crippen LogP contribution is -2.58. The van der Waals surface area contributed by atoms with Gasteiger partial charge in [-0.05, 0) is 24.0 Å². The van der Waals surface area contributed by atoms with Crippen molar-refractivity contribution in [2.24, 2.45) is 5.10 Å². The molecule has 0 spiro atoms. The van der Waals surface area contributed by atoms with E-state index in [1.54, 1.807) is 18.4 Å². The van der Waals surface area contributed by atoms with Crippen LogP contribution in [0.25, 0.3) is 0 Å². The number of benzene rings is 1. The SMILES string of the molecule is CSc1ccc(/C=N/NC(F)(F)C(F)(F)C(F)(F)F)cc1. The second-order valence-corrected chi connectivity index (χ2v) is 4.67. The van der Waals surface area contributed by atoms with Gasteiger partial charge in [0.25, 0.3) is 0 Å². The van der Waals surface area contributed by atoms with Crippen molar-refractivity contribution in [2.75, 3.05) is 6.26 Å². The summed E-state index contributed by atoms with van der Waals surface area (Å²) in [5.41, 5.74) is 0.800. The smallest absolute Gasteiger partial charge is 0.242 e. The summed E-state index contributed by atoms with van der Waals surface area (Å²) in [5.74, 6) is -6.24. The van der Waals surface area contributed by atoms with Crippen LogP contribution >= 0.6 is 11.8 Å². The Bertz CT molecular complexity index is 496. The molecule has 1 aromatic carbocycles. The molecule has 1 aromatic rings. The Balaban J connectivity index is 2.78. The van der Waals surface area contributed by atoms with Gasteiger partial charge in [-0.25, -0.2) is 5.43 Å². The van der Waals surface area contributed by atoms with Crippen LogP contribution < -0.4 is 5.43 Å². The summed E-state index contributed by atoms with van der Waals surface area (Å²) < 4.78 is 86.2. The molecule has 0 fully saturated rings. The number of thioether (sulfide) groups is 1. The third-order valence-electron chi connectivity index (χ3n) is 2.28. The molecule has 118 valence electrons. The largest absolute Gasteiger partial charge is 0.462 e. The van der Waals surface area contributed by atoms with Crippen LogP contribution in [0.5, 0.6) is 0 Å². The molecule has 1 N–H and O–H groups in total. The summed E-state index contributed by atoms with van der Waals surface area (Å²) in [5, 5.41) is 2.74. The van der Waals surface area contributed by atoms with Gasteiger partial charge < -0.3 is 0 Å². The Morgan fingerprint density at radius 3 is 1.95 bits per heavy atom. The summed E-state index contributed by atoms with van der Waals surface area (Å²) >= 11 is 1.41. The van der Waals surface area contributed by atoms with Crippen LogP contribution in [0.4, 0.5) is 30.7 Å². The molecule has 0 aliphatic heterocycles. The molecule has 0 atom stereocenters. The van der Waals surface area contributed by atoms with Crippen molar-refractivity contribution in [3.05, 3.63) is 29.8 Å². The zero-order chi connectivity index (χ0) is 16.3. The maximum absolute atomic E-state index is 12.8. The van der Waals surface area contributed by atoms with Crippen molar-refractivity contribution < 1.29 is 30.7 Å². The van der Waals surface area contributed by atoms with E-state index in [1.807, 2.05) is 0 Å². The number of alkyl halides is 7. The van der Waals surface area contributed by atoms with Crippen LogP contribution in [-0.2, 0) is 0 Å². The standard InChI is InChI=1S/C11H9F7N2S/c1-21-8-4-2-7(3-5-8)6-19-20-11(17,18)9(12,13)10(14,15)16/h2-6,20H,1H3/b19-6+. The quantitative estimate of drug-likeness (QED) is 0.288. The predicted octanol–water partition coefficient (Wildman–Crippen LogP) is 4.12. The Labute approximate surface area is 119 Å². The van der Waals surface area contributed by atoms with Gasteiger partial charge in [-0.2, -0.15) is 35.8 Å². The van der Waals surface area contributed by atoms with Gasteiger partial charge in [0.05, 0.1) is 6.21 Å². The highest BCUT2D eigenvalue weighted by molar-refractivity contribution is 7.98. The van der Waals surface area contributed by atoms with Crippen LogP contribution in [0.3, 0.4) is 0 Å². The highest BCUT2D eigenvalue weighted by Gasteiger charge is 2.73. The molecule has 0 unspecified atom stereocenters. The van der Waals surface area contributed by atoms with Crippen molar-refractivity contribution in [1.29, 1.82) is 0 Å². The lowest BCUT2D eigenvalue weighted by molar-refractivity contribution is -0.361. The second kappa shape index (κ2) is 6.12. The molecule has 0 aromatic heterocycles. The van der Waals surface area contributed by atoms with Crippen molar-refractivity contribution in [1.82, 2.24) is 5.43 Å². The molecule has 0 heterocycles. The van der Waals surface area contributed by atoms with E-state index < -0.39 is 18.1 Å². The molecule has 0 saturated carbocycles. The highest BCUT2D eigenvalue weighted by Crippen LogP contribution is 2.44. The molecule has 0 saturated heterocycles. The Kier molecular flexibility index (Phi) is 5.13. The lowest BCUT2D eigenvalue weighted by atomic mass is 10.2. The number of hydrogen-bond donors (Lipinski definition) is 1. The minimum Gasteiger partial charge on any atom is -0.242 e. The summed E-state index contributed by atoms with van der Waals surface area (Å²) in [7, 11) is 0. The first-order valence-corrected chi connectivity index (χ1v) is 6.50. The van der Waals surface area contributed by atoms with E-state index in [9.17, 15) is 30.7 Å².